The van der Waals surface area contributed by atoms with E-state index in [1.54, 1.807) is 56.4 Å². The van der Waals surface area contributed by atoms with E-state index in [4.69, 9.17) is 11.6 Å². The molecule has 7 nitrogen and oxygen atoms in total. The molecule has 1 saturated heterocycles. The monoisotopic (exact) mass is 422 g/mol. The Hall–Kier alpha value is -3.32. The van der Waals surface area contributed by atoms with Gasteiger partial charge in [-0.25, -0.2) is 14.8 Å². The lowest BCUT2D eigenvalue weighted by atomic mass is 9.87. The summed E-state index contributed by atoms with van der Waals surface area (Å²) in [6.45, 7) is 1.68. The Morgan fingerprint density at radius 3 is 2.43 bits per heavy atom. The molecule has 3 amide bonds. The molecular weight excluding hydrogens is 404 g/mol. The van der Waals surface area contributed by atoms with Gasteiger partial charge >= 0.3 is 6.03 Å². The fourth-order valence-corrected chi connectivity index (χ4v) is 3.96. The van der Waals surface area contributed by atoms with E-state index in [2.05, 4.69) is 9.98 Å². The maximum absolute atomic E-state index is 13.2. The second kappa shape index (κ2) is 7.18. The number of amidine groups is 1. The van der Waals surface area contributed by atoms with Crippen molar-refractivity contribution in [2.75, 3.05) is 14.1 Å². The lowest BCUT2D eigenvalue weighted by molar-refractivity contribution is -0.122. The van der Waals surface area contributed by atoms with Gasteiger partial charge in [0, 0.05) is 36.7 Å². The van der Waals surface area contributed by atoms with Crippen LogP contribution in [0.3, 0.4) is 0 Å². The summed E-state index contributed by atoms with van der Waals surface area (Å²) < 4.78 is 0. The number of aliphatic imine (C=N–C) groups is 2. The molecule has 2 aliphatic heterocycles. The van der Waals surface area contributed by atoms with E-state index >= 15 is 0 Å². The predicted molar refractivity (Wildman–Crippen MR) is 114 cm³/mol. The van der Waals surface area contributed by atoms with E-state index < -0.39 is 17.6 Å². The Balaban J connectivity index is 1.79. The van der Waals surface area contributed by atoms with Gasteiger partial charge in [-0.05, 0) is 36.8 Å². The number of likely N-dealkylation sites (N-methyl/N-ethyl adjacent to an activating group) is 1. The lowest BCUT2D eigenvalue weighted by Crippen LogP contribution is -2.66. The number of rotatable bonds is 4. The van der Waals surface area contributed by atoms with Crippen LogP contribution in [0.1, 0.15) is 28.4 Å². The number of imide groups is 1. The highest BCUT2D eigenvalue weighted by Gasteiger charge is 2.55. The van der Waals surface area contributed by atoms with Crippen molar-refractivity contribution in [2.24, 2.45) is 9.98 Å². The maximum atomic E-state index is 13.2. The van der Waals surface area contributed by atoms with Crippen LogP contribution in [0.5, 0.6) is 0 Å². The summed E-state index contributed by atoms with van der Waals surface area (Å²) in [5.74, 6) is -0.251. The number of ketones is 1. The molecule has 0 aromatic heterocycles. The summed E-state index contributed by atoms with van der Waals surface area (Å²) in [5, 5.41) is 0.542. The normalized spacial score (nSPS) is 20.8. The predicted octanol–water partition coefficient (Wildman–Crippen LogP) is 3.21. The molecule has 0 N–H and O–H groups in total. The van der Waals surface area contributed by atoms with Crippen molar-refractivity contribution in [2.45, 2.75) is 19.0 Å². The van der Waals surface area contributed by atoms with Crippen LogP contribution in [0.2, 0.25) is 5.02 Å². The van der Waals surface area contributed by atoms with Crippen LogP contribution < -0.4 is 0 Å². The molecule has 152 valence electrons. The summed E-state index contributed by atoms with van der Waals surface area (Å²) in [6, 6.07) is 13.3. The number of nitrogens with zero attached hydrogens (tertiary/aromatic N) is 4. The number of urea groups is 1. The number of benzene rings is 2. The molecule has 2 aliphatic rings. The summed E-state index contributed by atoms with van der Waals surface area (Å²) in [4.78, 5) is 50.0. The smallest absolute Gasteiger partial charge is 0.297 e. The number of carbonyl (C=O) groups excluding carboxylic acids is 3. The molecule has 4 rings (SSSR count). The third-order valence-electron chi connectivity index (χ3n) is 5.44. The minimum Gasteiger partial charge on any atom is -0.297 e. The van der Waals surface area contributed by atoms with Gasteiger partial charge in [-0.3, -0.25) is 19.4 Å². The second-order valence-electron chi connectivity index (χ2n) is 7.31. The van der Waals surface area contributed by atoms with Crippen molar-refractivity contribution in [1.82, 2.24) is 9.80 Å². The van der Waals surface area contributed by atoms with E-state index in [0.29, 0.717) is 27.5 Å². The molecule has 0 radical (unpaired) electrons. The molecule has 2 aromatic carbocycles. The van der Waals surface area contributed by atoms with Crippen LogP contribution in [0.15, 0.2) is 58.5 Å². The quantitative estimate of drug-likeness (QED) is 0.709. The van der Waals surface area contributed by atoms with Crippen LogP contribution in [0.4, 0.5) is 4.79 Å². The molecule has 1 atom stereocenters. The number of amides is 3. The largest absolute Gasteiger partial charge is 0.328 e. The summed E-state index contributed by atoms with van der Waals surface area (Å²) in [6.07, 6.45) is 0.153. The molecular formula is C22H19ClN4O3. The molecule has 1 fully saturated rings. The summed E-state index contributed by atoms with van der Waals surface area (Å²) in [7, 11) is 3.01. The van der Waals surface area contributed by atoms with Crippen LogP contribution in [-0.4, -0.2) is 58.8 Å². The summed E-state index contributed by atoms with van der Waals surface area (Å²) in [5.41, 5.74) is 0.536. The fraction of sp³-hybridized carbons (Fsp3) is 0.227. The first-order valence-electron chi connectivity index (χ1n) is 9.34. The third kappa shape index (κ3) is 3.02. The highest BCUT2D eigenvalue weighted by molar-refractivity contribution is 6.48. The lowest BCUT2D eigenvalue weighted by Gasteiger charge is -2.43. The minimum atomic E-state index is -1.28. The molecule has 2 heterocycles. The Labute approximate surface area is 178 Å². The van der Waals surface area contributed by atoms with Gasteiger partial charge in [0.05, 0.1) is 0 Å². The Bertz CT molecular complexity index is 1140. The molecule has 0 spiro atoms. The fourth-order valence-electron chi connectivity index (χ4n) is 3.84. The van der Waals surface area contributed by atoms with E-state index in [1.807, 2.05) is 6.07 Å². The van der Waals surface area contributed by atoms with Crippen molar-refractivity contribution >= 4 is 40.9 Å². The molecule has 0 bridgehead atoms. The van der Waals surface area contributed by atoms with Gasteiger partial charge in [0.25, 0.3) is 5.91 Å². The van der Waals surface area contributed by atoms with Crippen molar-refractivity contribution in [3.8, 4) is 0 Å². The molecule has 0 aliphatic carbocycles. The van der Waals surface area contributed by atoms with Gasteiger partial charge in [0.1, 0.15) is 5.84 Å². The van der Waals surface area contributed by atoms with Gasteiger partial charge in [0.15, 0.2) is 17.2 Å². The Kier molecular flexibility index (Phi) is 4.78. The number of hydrogen-bond acceptors (Lipinski definition) is 5. The average molecular weight is 423 g/mol. The highest BCUT2D eigenvalue weighted by Crippen LogP contribution is 2.34. The number of halogens is 1. The van der Waals surface area contributed by atoms with Crippen LogP contribution in [0.25, 0.3) is 0 Å². The second-order valence-corrected chi connectivity index (χ2v) is 7.75. The SMILES string of the molecule is CC1=NC2(Cc3ccccc3C(=O)c3ccc(Cl)cc3)C(=N1)C(=O)N(C)C(=O)N2C. The molecule has 0 saturated carbocycles. The molecule has 1 unspecified atom stereocenters. The Morgan fingerprint density at radius 2 is 1.73 bits per heavy atom. The third-order valence-corrected chi connectivity index (χ3v) is 5.69. The number of carbonyl (C=O) groups is 3. The van der Waals surface area contributed by atoms with E-state index in [0.717, 1.165) is 4.90 Å². The molecule has 8 heteroatoms. The number of hydrogen-bond donors (Lipinski definition) is 0. The average Bonchev–Trinajstić information content (AvgIpc) is 3.08. The first kappa shape index (κ1) is 20.0. The first-order valence-corrected chi connectivity index (χ1v) is 9.72. The van der Waals surface area contributed by atoms with Gasteiger partial charge in [0.2, 0.25) is 0 Å². The van der Waals surface area contributed by atoms with Crippen LogP contribution >= 0.6 is 11.6 Å². The van der Waals surface area contributed by atoms with Crippen molar-refractivity contribution in [1.29, 1.82) is 0 Å². The topological polar surface area (TPSA) is 82.4 Å². The highest BCUT2D eigenvalue weighted by atomic mass is 35.5. The van der Waals surface area contributed by atoms with Crippen molar-refractivity contribution in [3.63, 3.8) is 0 Å². The Morgan fingerprint density at radius 1 is 1.07 bits per heavy atom. The minimum absolute atomic E-state index is 0.153. The maximum Gasteiger partial charge on any atom is 0.328 e. The van der Waals surface area contributed by atoms with Gasteiger partial charge < -0.3 is 0 Å². The molecule has 30 heavy (non-hydrogen) atoms. The molecule has 2 aromatic rings. The van der Waals surface area contributed by atoms with Gasteiger partial charge in [-0.1, -0.05) is 35.9 Å². The van der Waals surface area contributed by atoms with E-state index in [9.17, 15) is 14.4 Å². The van der Waals surface area contributed by atoms with Gasteiger partial charge in [-0.2, -0.15) is 0 Å². The van der Waals surface area contributed by atoms with Crippen LogP contribution in [0, 0.1) is 0 Å². The van der Waals surface area contributed by atoms with E-state index in [-0.39, 0.29) is 17.9 Å². The van der Waals surface area contributed by atoms with E-state index in [1.165, 1.54) is 11.9 Å². The summed E-state index contributed by atoms with van der Waals surface area (Å²) >= 11 is 5.94. The number of fused-ring (bicyclic) bond motifs is 1. The zero-order valence-corrected chi connectivity index (χ0v) is 17.5. The van der Waals surface area contributed by atoms with Crippen molar-refractivity contribution in [3.05, 3.63) is 70.2 Å². The van der Waals surface area contributed by atoms with Crippen LogP contribution in [-0.2, 0) is 11.2 Å². The zero-order chi connectivity index (χ0) is 21.6. The zero-order valence-electron chi connectivity index (χ0n) is 16.7. The standard InChI is InChI=1S/C22H19ClN4O3/c1-13-24-19-20(29)26(2)21(30)27(3)22(19,25-13)12-15-6-4-5-7-17(15)18(28)14-8-10-16(23)11-9-14/h4-11H,12H2,1-3H3. The van der Waals surface area contributed by atoms with Gasteiger partial charge in [-0.15, -0.1) is 0 Å². The van der Waals surface area contributed by atoms with Crippen molar-refractivity contribution < 1.29 is 14.4 Å². The first-order chi connectivity index (χ1) is 14.2.